The molecule has 0 atom stereocenters. The fourth-order valence-corrected chi connectivity index (χ4v) is 4.35. The van der Waals surface area contributed by atoms with Gasteiger partial charge >= 0.3 is 0 Å². The van der Waals surface area contributed by atoms with Gasteiger partial charge < -0.3 is 4.74 Å². The average molecular weight is 422 g/mol. The van der Waals surface area contributed by atoms with Gasteiger partial charge in [-0.3, -0.25) is 14.7 Å². The number of pyridine rings is 1. The molecule has 0 radical (unpaired) electrons. The Morgan fingerprint density at radius 1 is 1.10 bits per heavy atom. The number of rotatable bonds is 6. The van der Waals surface area contributed by atoms with E-state index in [9.17, 15) is 4.79 Å². The van der Waals surface area contributed by atoms with Crippen LogP contribution >= 0.6 is 23.1 Å². The Morgan fingerprint density at radius 2 is 1.93 bits per heavy atom. The fourth-order valence-electron chi connectivity index (χ4n) is 2.96. The number of benzene rings is 2. The van der Waals surface area contributed by atoms with E-state index in [4.69, 9.17) is 9.72 Å². The third kappa shape index (κ3) is 4.11. The largest absolute Gasteiger partial charge is 0.494 e. The molecule has 2 heterocycles. The summed E-state index contributed by atoms with van der Waals surface area (Å²) in [6.07, 6.45) is 3.74. The first-order chi connectivity index (χ1) is 14.2. The molecule has 0 spiro atoms. The van der Waals surface area contributed by atoms with E-state index in [0.29, 0.717) is 23.0 Å². The van der Waals surface area contributed by atoms with E-state index in [1.54, 1.807) is 30.0 Å². The molecule has 0 bridgehead atoms. The molecule has 0 aliphatic rings. The summed E-state index contributed by atoms with van der Waals surface area (Å²) in [5.74, 6) is 0.584. The van der Waals surface area contributed by atoms with Crippen molar-refractivity contribution in [1.29, 1.82) is 0 Å². The number of amides is 1. The normalized spacial score (nSPS) is 10.8. The molecule has 29 heavy (non-hydrogen) atoms. The van der Waals surface area contributed by atoms with Crippen molar-refractivity contribution in [2.75, 3.05) is 18.3 Å². The van der Waals surface area contributed by atoms with E-state index in [1.807, 2.05) is 66.9 Å². The first kappa shape index (κ1) is 19.4. The van der Waals surface area contributed by atoms with Crippen LogP contribution in [-0.2, 0) is 6.54 Å². The van der Waals surface area contributed by atoms with Crippen LogP contribution in [0.15, 0.2) is 71.8 Å². The number of ether oxygens (including phenoxy) is 1. The number of aromatic nitrogens is 2. The zero-order valence-electron chi connectivity index (χ0n) is 16.0. The summed E-state index contributed by atoms with van der Waals surface area (Å²) in [6, 6.07) is 19.1. The van der Waals surface area contributed by atoms with Crippen LogP contribution in [0.1, 0.15) is 16.1 Å². The highest BCUT2D eigenvalue weighted by atomic mass is 32.2. The van der Waals surface area contributed by atoms with E-state index in [-0.39, 0.29) is 5.91 Å². The molecule has 4 aromatic rings. The Morgan fingerprint density at radius 3 is 2.62 bits per heavy atom. The van der Waals surface area contributed by atoms with E-state index in [2.05, 4.69) is 4.98 Å². The fraction of sp³-hybridized carbons (Fsp3) is 0.136. The molecule has 0 N–H and O–H groups in total. The van der Waals surface area contributed by atoms with Gasteiger partial charge in [0.1, 0.15) is 11.3 Å². The number of nitrogens with zero attached hydrogens (tertiary/aromatic N) is 3. The van der Waals surface area contributed by atoms with Crippen LogP contribution in [0.25, 0.3) is 10.2 Å². The number of thioether (sulfide) groups is 1. The molecule has 0 aliphatic carbocycles. The summed E-state index contributed by atoms with van der Waals surface area (Å²) >= 11 is 3.11. The topological polar surface area (TPSA) is 55.3 Å². The predicted molar refractivity (Wildman–Crippen MR) is 119 cm³/mol. The third-order valence-electron chi connectivity index (χ3n) is 4.45. The predicted octanol–water partition coefficient (Wildman–Crippen LogP) is 5.27. The SMILES string of the molecule is COc1cccc2sc(N(Cc3ccccn3)C(=O)c3ccc(SC)cc3)nc12. The van der Waals surface area contributed by atoms with E-state index >= 15 is 0 Å². The molecular weight excluding hydrogens is 402 g/mol. The molecule has 0 saturated carbocycles. The molecule has 7 heteroatoms. The highest BCUT2D eigenvalue weighted by Gasteiger charge is 2.23. The lowest BCUT2D eigenvalue weighted by Crippen LogP contribution is -2.30. The lowest BCUT2D eigenvalue weighted by atomic mass is 10.2. The maximum Gasteiger partial charge on any atom is 0.260 e. The molecule has 2 aromatic carbocycles. The molecule has 146 valence electrons. The van der Waals surface area contributed by atoms with Crippen molar-refractivity contribution >= 4 is 44.4 Å². The van der Waals surface area contributed by atoms with Gasteiger partial charge in [0.25, 0.3) is 5.91 Å². The Labute approximate surface area is 177 Å². The summed E-state index contributed by atoms with van der Waals surface area (Å²) in [6.45, 7) is 0.339. The molecule has 0 saturated heterocycles. The Bertz CT molecular complexity index is 1130. The maximum atomic E-state index is 13.4. The van der Waals surface area contributed by atoms with Crippen LogP contribution in [-0.4, -0.2) is 29.2 Å². The Kier molecular flexibility index (Phi) is 5.78. The van der Waals surface area contributed by atoms with Crippen molar-refractivity contribution < 1.29 is 9.53 Å². The standard InChI is InChI=1S/C22H19N3O2S2/c1-27-18-7-5-8-19-20(18)24-22(29-19)25(14-16-6-3-4-13-23-16)21(26)15-9-11-17(28-2)12-10-15/h3-13H,14H2,1-2H3. The minimum atomic E-state index is -0.110. The van der Waals surface area contributed by atoms with Gasteiger partial charge in [-0.2, -0.15) is 0 Å². The third-order valence-corrected chi connectivity index (χ3v) is 6.24. The molecule has 5 nitrogen and oxygen atoms in total. The average Bonchev–Trinajstić information content (AvgIpc) is 3.22. The van der Waals surface area contributed by atoms with Gasteiger partial charge in [-0.05, 0) is 54.8 Å². The van der Waals surface area contributed by atoms with Crippen LogP contribution in [0.2, 0.25) is 0 Å². The summed E-state index contributed by atoms with van der Waals surface area (Å²) in [4.78, 5) is 25.3. The van der Waals surface area contributed by atoms with Gasteiger partial charge in [0, 0.05) is 16.7 Å². The maximum absolute atomic E-state index is 13.4. The molecule has 4 rings (SSSR count). The van der Waals surface area contributed by atoms with Gasteiger partial charge in [-0.15, -0.1) is 11.8 Å². The summed E-state index contributed by atoms with van der Waals surface area (Å²) in [7, 11) is 1.62. The Hall–Kier alpha value is -2.90. The van der Waals surface area contributed by atoms with E-state index < -0.39 is 0 Å². The zero-order valence-corrected chi connectivity index (χ0v) is 17.7. The van der Waals surface area contributed by atoms with Gasteiger partial charge in [0.2, 0.25) is 0 Å². The molecule has 2 aromatic heterocycles. The monoisotopic (exact) mass is 421 g/mol. The van der Waals surface area contributed by atoms with Gasteiger partial charge in [0.05, 0.1) is 24.0 Å². The van der Waals surface area contributed by atoms with E-state index in [1.165, 1.54) is 11.3 Å². The van der Waals surface area contributed by atoms with Crippen molar-refractivity contribution in [3.05, 3.63) is 78.1 Å². The summed E-state index contributed by atoms with van der Waals surface area (Å²) in [5.41, 5.74) is 2.17. The van der Waals surface area contributed by atoms with Crippen LogP contribution in [0.3, 0.4) is 0 Å². The second-order valence-corrected chi connectivity index (χ2v) is 8.13. The first-order valence-corrected chi connectivity index (χ1v) is 11.0. The number of hydrogen-bond donors (Lipinski definition) is 0. The molecule has 1 amide bonds. The first-order valence-electron chi connectivity index (χ1n) is 8.99. The quantitative estimate of drug-likeness (QED) is 0.397. The number of carbonyl (C=O) groups excluding carboxylic acids is 1. The minimum Gasteiger partial charge on any atom is -0.494 e. The Balaban J connectivity index is 1.76. The summed E-state index contributed by atoms with van der Waals surface area (Å²) in [5, 5.41) is 0.620. The van der Waals surface area contributed by atoms with Crippen LogP contribution in [0.4, 0.5) is 5.13 Å². The van der Waals surface area contributed by atoms with Gasteiger partial charge in [-0.1, -0.05) is 23.5 Å². The van der Waals surface area contributed by atoms with E-state index in [0.717, 1.165) is 20.8 Å². The van der Waals surface area contributed by atoms with Crippen molar-refractivity contribution in [3.63, 3.8) is 0 Å². The number of methoxy groups -OCH3 is 1. The van der Waals surface area contributed by atoms with Gasteiger partial charge in [0.15, 0.2) is 5.13 Å². The highest BCUT2D eigenvalue weighted by molar-refractivity contribution is 7.98. The number of hydrogen-bond acceptors (Lipinski definition) is 6. The van der Waals surface area contributed by atoms with Crippen molar-refractivity contribution in [2.24, 2.45) is 0 Å². The van der Waals surface area contributed by atoms with Crippen LogP contribution < -0.4 is 9.64 Å². The van der Waals surface area contributed by atoms with Crippen molar-refractivity contribution in [1.82, 2.24) is 9.97 Å². The minimum absolute atomic E-state index is 0.110. The van der Waals surface area contributed by atoms with Crippen molar-refractivity contribution in [2.45, 2.75) is 11.4 Å². The molecule has 0 fully saturated rings. The van der Waals surface area contributed by atoms with Gasteiger partial charge in [-0.25, -0.2) is 4.98 Å². The molecule has 0 unspecified atom stereocenters. The van der Waals surface area contributed by atoms with Crippen LogP contribution in [0, 0.1) is 0 Å². The summed E-state index contributed by atoms with van der Waals surface area (Å²) < 4.78 is 6.40. The number of carbonyl (C=O) groups is 1. The number of thiazole rings is 1. The van der Waals surface area contributed by atoms with Crippen molar-refractivity contribution in [3.8, 4) is 5.75 Å². The smallest absolute Gasteiger partial charge is 0.260 e. The molecule has 0 aliphatic heterocycles. The number of fused-ring (bicyclic) bond motifs is 1. The number of anilines is 1. The second kappa shape index (κ2) is 8.63. The second-order valence-electron chi connectivity index (χ2n) is 6.24. The zero-order chi connectivity index (χ0) is 20.2. The van der Waals surface area contributed by atoms with Crippen LogP contribution in [0.5, 0.6) is 5.75 Å². The lowest BCUT2D eigenvalue weighted by molar-refractivity contribution is 0.0984. The molecular formula is C22H19N3O2S2. The highest BCUT2D eigenvalue weighted by Crippen LogP contribution is 2.35. The lowest BCUT2D eigenvalue weighted by Gasteiger charge is -2.19. The number of para-hydroxylation sites is 1.